The van der Waals surface area contributed by atoms with Crippen molar-refractivity contribution in [3.8, 4) is 0 Å². The van der Waals surface area contributed by atoms with Crippen molar-refractivity contribution in [1.82, 2.24) is 9.21 Å². The molecule has 3 aliphatic carbocycles. The van der Waals surface area contributed by atoms with E-state index in [0.717, 1.165) is 37.9 Å². The molecule has 0 radical (unpaired) electrons. The van der Waals surface area contributed by atoms with Crippen LogP contribution in [0.2, 0.25) is 0 Å². The van der Waals surface area contributed by atoms with Gasteiger partial charge in [-0.25, -0.2) is 12.7 Å². The van der Waals surface area contributed by atoms with Crippen LogP contribution in [0.3, 0.4) is 0 Å². The Morgan fingerprint density at radius 2 is 1.69 bits per heavy atom. The highest BCUT2D eigenvalue weighted by Gasteiger charge is 2.72. The number of benzene rings is 1. The Morgan fingerprint density at radius 3 is 2.33 bits per heavy atom. The maximum Gasteiger partial charge on any atom is 0.240 e. The Labute approximate surface area is 215 Å². The highest BCUT2D eigenvalue weighted by atomic mass is 32.2. The monoisotopic (exact) mass is 512 g/mol. The van der Waals surface area contributed by atoms with Crippen LogP contribution in [-0.2, 0) is 26.0 Å². The quantitative estimate of drug-likeness (QED) is 0.591. The van der Waals surface area contributed by atoms with Gasteiger partial charge in [-0.2, -0.15) is 0 Å². The van der Waals surface area contributed by atoms with Gasteiger partial charge in [-0.05, 0) is 67.3 Å². The summed E-state index contributed by atoms with van der Waals surface area (Å²) in [5.74, 6) is 0.695. The van der Waals surface area contributed by atoms with Gasteiger partial charge >= 0.3 is 0 Å². The Hall–Kier alpha value is -1.89. The summed E-state index contributed by atoms with van der Waals surface area (Å²) in [7, 11) is -3.71. The van der Waals surface area contributed by atoms with Crippen LogP contribution in [0.25, 0.3) is 0 Å². The van der Waals surface area contributed by atoms with Crippen molar-refractivity contribution >= 4 is 21.8 Å². The molecule has 0 aromatic heterocycles. The maximum atomic E-state index is 14.2. The molecule has 2 bridgehead atoms. The van der Waals surface area contributed by atoms with E-state index in [1.165, 1.54) is 30.0 Å². The van der Waals surface area contributed by atoms with Crippen molar-refractivity contribution in [1.29, 1.82) is 0 Å². The van der Waals surface area contributed by atoms with Crippen LogP contribution >= 0.6 is 0 Å². The van der Waals surface area contributed by atoms with Gasteiger partial charge in [0.1, 0.15) is 0 Å². The summed E-state index contributed by atoms with van der Waals surface area (Å²) in [6, 6.07) is 9.48. The van der Waals surface area contributed by atoms with Gasteiger partial charge in [0.25, 0.3) is 0 Å². The summed E-state index contributed by atoms with van der Waals surface area (Å²) in [5, 5.41) is 0. The predicted molar refractivity (Wildman–Crippen MR) is 138 cm³/mol. The Bertz CT molecular complexity index is 1140. The second-order valence-corrected chi connectivity index (χ2v) is 14.8. The zero-order valence-electron chi connectivity index (χ0n) is 21.7. The minimum Gasteiger partial charge on any atom is -0.342 e. The summed E-state index contributed by atoms with van der Waals surface area (Å²) in [6.45, 7) is 5.98. The molecule has 5 fully saturated rings. The van der Waals surface area contributed by atoms with Crippen LogP contribution in [0.1, 0.15) is 70.8 Å². The first-order valence-electron chi connectivity index (χ1n) is 14.0. The Kier molecular flexibility index (Phi) is 5.82. The SMILES string of the molecule is CC1(C)[C@@H]2CC[C@]13CS(=O)(=O)N(C(=O)[C@H](CC(=O)N1C[C@H]4CCCC[C@H]4C1)Cc1ccccc1)[C@@H]3C2. The van der Waals surface area contributed by atoms with Gasteiger partial charge in [0.2, 0.25) is 21.8 Å². The fourth-order valence-corrected chi connectivity index (χ4v) is 11.5. The van der Waals surface area contributed by atoms with E-state index in [9.17, 15) is 18.0 Å². The van der Waals surface area contributed by atoms with Crippen molar-refractivity contribution in [2.75, 3.05) is 18.8 Å². The van der Waals surface area contributed by atoms with Crippen molar-refractivity contribution < 1.29 is 18.0 Å². The standard InChI is InChI=1S/C29H40N2O4S/c1-28(2)24-12-13-29(28)19-36(34,35)31(25(29)16-24)27(33)23(14-20-8-4-3-5-9-20)15-26(32)30-17-21-10-6-7-11-22(21)18-30/h3-5,8-9,21-25H,6-7,10-19H2,1-2H3/t21-,22+,23-,24+,25+,29+/m0/s1. The molecule has 5 aliphatic rings. The molecule has 2 saturated heterocycles. The molecule has 0 unspecified atom stereocenters. The third-order valence-corrected chi connectivity index (χ3v) is 13.0. The molecule has 3 saturated carbocycles. The van der Waals surface area contributed by atoms with E-state index in [0.29, 0.717) is 24.2 Å². The summed E-state index contributed by atoms with van der Waals surface area (Å²) in [5.41, 5.74) is 0.535. The highest BCUT2D eigenvalue weighted by Crippen LogP contribution is 2.70. The molecular formula is C29H40N2O4S. The van der Waals surface area contributed by atoms with Gasteiger partial charge in [-0.1, -0.05) is 57.0 Å². The number of amides is 2. The third kappa shape index (κ3) is 3.66. The van der Waals surface area contributed by atoms with Gasteiger partial charge in [0, 0.05) is 24.9 Å². The molecule has 1 aromatic carbocycles. The molecule has 1 aromatic rings. The lowest BCUT2D eigenvalue weighted by molar-refractivity contribution is -0.139. The third-order valence-electron chi connectivity index (χ3n) is 11.1. The number of nitrogens with zero attached hydrogens (tertiary/aromatic N) is 2. The summed E-state index contributed by atoms with van der Waals surface area (Å²) in [4.78, 5) is 29.7. The number of hydrogen-bond donors (Lipinski definition) is 0. The minimum atomic E-state index is -3.71. The average Bonchev–Trinajstić information content (AvgIpc) is 3.51. The van der Waals surface area contributed by atoms with Crippen molar-refractivity contribution in [3.63, 3.8) is 0 Å². The molecule has 2 amide bonds. The topological polar surface area (TPSA) is 74.8 Å². The van der Waals surface area contributed by atoms with E-state index < -0.39 is 15.9 Å². The number of carbonyl (C=O) groups excluding carboxylic acids is 2. The largest absolute Gasteiger partial charge is 0.342 e. The van der Waals surface area contributed by atoms with E-state index in [4.69, 9.17) is 0 Å². The van der Waals surface area contributed by atoms with Crippen LogP contribution in [-0.4, -0.2) is 54.3 Å². The van der Waals surface area contributed by atoms with E-state index in [1.54, 1.807) is 0 Å². The van der Waals surface area contributed by atoms with Crippen LogP contribution < -0.4 is 0 Å². The molecule has 36 heavy (non-hydrogen) atoms. The fourth-order valence-electron chi connectivity index (χ4n) is 8.85. The van der Waals surface area contributed by atoms with Crippen LogP contribution in [0.5, 0.6) is 0 Å². The van der Waals surface area contributed by atoms with E-state index in [-0.39, 0.29) is 40.9 Å². The number of carbonyl (C=O) groups is 2. The highest BCUT2D eigenvalue weighted by molar-refractivity contribution is 7.90. The van der Waals surface area contributed by atoms with Crippen LogP contribution in [0.4, 0.5) is 0 Å². The second kappa shape index (κ2) is 8.57. The molecule has 6 nitrogen and oxygen atoms in total. The molecule has 1 spiro atoms. The second-order valence-electron chi connectivity index (χ2n) is 12.9. The smallest absolute Gasteiger partial charge is 0.240 e. The van der Waals surface area contributed by atoms with Gasteiger partial charge in [-0.3, -0.25) is 9.59 Å². The van der Waals surface area contributed by atoms with Gasteiger partial charge in [0.05, 0.1) is 17.7 Å². The molecule has 2 aliphatic heterocycles. The molecule has 196 valence electrons. The molecule has 2 heterocycles. The zero-order chi connectivity index (χ0) is 25.3. The molecule has 0 N–H and O–H groups in total. The molecule has 7 heteroatoms. The van der Waals surface area contributed by atoms with Crippen LogP contribution in [0.15, 0.2) is 30.3 Å². The first-order chi connectivity index (χ1) is 17.1. The van der Waals surface area contributed by atoms with Gasteiger partial charge < -0.3 is 4.90 Å². The Morgan fingerprint density at radius 1 is 1.03 bits per heavy atom. The van der Waals surface area contributed by atoms with Gasteiger partial charge in [-0.15, -0.1) is 0 Å². The molecule has 6 atom stereocenters. The summed E-state index contributed by atoms with van der Waals surface area (Å²) < 4.78 is 28.4. The van der Waals surface area contributed by atoms with E-state index in [1.807, 2.05) is 35.2 Å². The molecular weight excluding hydrogens is 472 g/mol. The fraction of sp³-hybridized carbons (Fsp3) is 0.724. The van der Waals surface area contributed by atoms with E-state index >= 15 is 0 Å². The lowest BCUT2D eigenvalue weighted by Gasteiger charge is -2.37. The van der Waals surface area contributed by atoms with Crippen molar-refractivity contribution in [2.45, 2.75) is 77.7 Å². The zero-order valence-corrected chi connectivity index (χ0v) is 22.5. The first kappa shape index (κ1) is 24.4. The van der Waals surface area contributed by atoms with Crippen molar-refractivity contribution in [3.05, 3.63) is 35.9 Å². The average molecular weight is 513 g/mol. The number of hydrogen-bond acceptors (Lipinski definition) is 4. The van der Waals surface area contributed by atoms with Crippen molar-refractivity contribution in [2.24, 2.45) is 34.5 Å². The van der Waals surface area contributed by atoms with Crippen LogP contribution in [0, 0.1) is 34.5 Å². The number of fused-ring (bicyclic) bond motifs is 2. The predicted octanol–water partition coefficient (Wildman–Crippen LogP) is 4.25. The number of sulfonamides is 1. The van der Waals surface area contributed by atoms with E-state index in [2.05, 4.69) is 13.8 Å². The number of rotatable bonds is 5. The lowest BCUT2D eigenvalue weighted by Crippen LogP contribution is -2.47. The lowest BCUT2D eigenvalue weighted by atomic mass is 9.69. The normalized spacial score (nSPS) is 36.5. The first-order valence-corrected chi connectivity index (χ1v) is 15.6. The van der Waals surface area contributed by atoms with Gasteiger partial charge in [0.15, 0.2) is 0 Å². The number of likely N-dealkylation sites (tertiary alicyclic amines) is 1. The molecule has 6 rings (SSSR count). The Balaban J connectivity index is 1.27. The summed E-state index contributed by atoms with van der Waals surface area (Å²) >= 11 is 0. The maximum absolute atomic E-state index is 14.2. The minimum absolute atomic E-state index is 0.0123. The summed E-state index contributed by atoms with van der Waals surface area (Å²) in [6.07, 6.45) is 8.02.